The standard InChI is InChI=1S/C19H19N5O/c1-13-7-11-24-18(25)16(12-15-4-2-3-8-21-15)17(23-19(24)22-13)14-5-9-20-10-6-14/h2-6,8-10,13H,7,11-12H2,1H3,(H,22,23). The maximum absolute atomic E-state index is 13.2. The summed E-state index contributed by atoms with van der Waals surface area (Å²) in [5.41, 5.74) is 3.12. The first kappa shape index (κ1) is 15.5. The Balaban J connectivity index is 1.90. The molecule has 0 fully saturated rings. The van der Waals surface area contributed by atoms with Crippen LogP contribution in [0.3, 0.4) is 0 Å². The molecule has 6 nitrogen and oxygen atoms in total. The Morgan fingerprint density at radius 3 is 2.80 bits per heavy atom. The van der Waals surface area contributed by atoms with Gasteiger partial charge in [-0.3, -0.25) is 19.3 Å². The van der Waals surface area contributed by atoms with Crippen LogP contribution in [0.2, 0.25) is 0 Å². The van der Waals surface area contributed by atoms with E-state index in [4.69, 9.17) is 4.98 Å². The summed E-state index contributed by atoms with van der Waals surface area (Å²) in [5.74, 6) is 0.639. The Kier molecular flexibility index (Phi) is 4.01. The molecule has 1 atom stereocenters. The minimum Gasteiger partial charge on any atom is -0.353 e. The van der Waals surface area contributed by atoms with E-state index in [1.807, 2.05) is 30.3 Å². The third kappa shape index (κ3) is 3.03. The normalized spacial score (nSPS) is 16.1. The minimum absolute atomic E-state index is 0.00173. The number of nitrogens with zero attached hydrogens (tertiary/aromatic N) is 4. The van der Waals surface area contributed by atoms with Gasteiger partial charge in [-0.15, -0.1) is 0 Å². The number of pyridine rings is 2. The lowest BCUT2D eigenvalue weighted by molar-refractivity contribution is 0.528. The van der Waals surface area contributed by atoms with Crippen molar-refractivity contribution in [1.82, 2.24) is 19.5 Å². The maximum atomic E-state index is 13.2. The van der Waals surface area contributed by atoms with Crippen molar-refractivity contribution in [3.8, 4) is 11.3 Å². The molecule has 6 heteroatoms. The largest absolute Gasteiger partial charge is 0.353 e. The molecule has 0 saturated carbocycles. The molecule has 1 N–H and O–H groups in total. The van der Waals surface area contributed by atoms with E-state index in [0.29, 0.717) is 36.2 Å². The Hall–Kier alpha value is -3.02. The van der Waals surface area contributed by atoms with Gasteiger partial charge >= 0.3 is 0 Å². The van der Waals surface area contributed by atoms with Gasteiger partial charge in [-0.05, 0) is 37.6 Å². The molecule has 0 aliphatic carbocycles. The lowest BCUT2D eigenvalue weighted by atomic mass is 10.0. The van der Waals surface area contributed by atoms with E-state index < -0.39 is 0 Å². The highest BCUT2D eigenvalue weighted by molar-refractivity contribution is 5.64. The molecular weight excluding hydrogens is 314 g/mol. The van der Waals surface area contributed by atoms with E-state index in [-0.39, 0.29) is 5.56 Å². The zero-order chi connectivity index (χ0) is 17.2. The van der Waals surface area contributed by atoms with Crippen LogP contribution in [0.25, 0.3) is 11.3 Å². The van der Waals surface area contributed by atoms with Crippen LogP contribution in [0.5, 0.6) is 0 Å². The topological polar surface area (TPSA) is 72.7 Å². The van der Waals surface area contributed by atoms with E-state index in [2.05, 4.69) is 22.2 Å². The Bertz CT molecular complexity index is 937. The number of fused-ring (bicyclic) bond motifs is 1. The first-order valence-electron chi connectivity index (χ1n) is 8.43. The number of nitrogens with one attached hydrogen (secondary N) is 1. The van der Waals surface area contributed by atoms with Crippen LogP contribution in [0, 0.1) is 0 Å². The molecule has 25 heavy (non-hydrogen) atoms. The maximum Gasteiger partial charge on any atom is 0.259 e. The summed E-state index contributed by atoms with van der Waals surface area (Å²) in [7, 11) is 0. The van der Waals surface area contributed by atoms with Crippen molar-refractivity contribution in [3.63, 3.8) is 0 Å². The third-order valence-corrected chi connectivity index (χ3v) is 4.46. The fourth-order valence-corrected chi connectivity index (χ4v) is 3.12. The lowest BCUT2D eigenvalue weighted by Gasteiger charge is -2.26. The fraction of sp³-hybridized carbons (Fsp3) is 0.263. The highest BCUT2D eigenvalue weighted by Crippen LogP contribution is 2.24. The van der Waals surface area contributed by atoms with Crippen LogP contribution < -0.4 is 10.9 Å². The van der Waals surface area contributed by atoms with Gasteiger partial charge in [0.15, 0.2) is 0 Å². The van der Waals surface area contributed by atoms with Crippen molar-refractivity contribution >= 4 is 5.95 Å². The van der Waals surface area contributed by atoms with E-state index in [0.717, 1.165) is 17.7 Å². The van der Waals surface area contributed by atoms with Crippen molar-refractivity contribution < 1.29 is 0 Å². The smallest absolute Gasteiger partial charge is 0.259 e. The summed E-state index contributed by atoms with van der Waals surface area (Å²) in [6, 6.07) is 9.80. The average Bonchev–Trinajstić information content (AvgIpc) is 2.65. The third-order valence-electron chi connectivity index (χ3n) is 4.46. The van der Waals surface area contributed by atoms with E-state index in [1.54, 1.807) is 23.2 Å². The second-order valence-electron chi connectivity index (χ2n) is 6.29. The average molecular weight is 333 g/mol. The van der Waals surface area contributed by atoms with Gasteiger partial charge in [0.25, 0.3) is 5.56 Å². The quantitative estimate of drug-likeness (QED) is 0.797. The predicted octanol–water partition coefficient (Wildman–Crippen LogP) is 2.50. The summed E-state index contributed by atoms with van der Waals surface area (Å²) in [4.78, 5) is 26.4. The molecule has 3 aromatic heterocycles. The Morgan fingerprint density at radius 2 is 2.04 bits per heavy atom. The molecule has 1 aliphatic heterocycles. The van der Waals surface area contributed by atoms with Gasteiger partial charge in [0.1, 0.15) is 0 Å². The molecule has 1 aliphatic rings. The van der Waals surface area contributed by atoms with Crippen LogP contribution in [0.1, 0.15) is 24.6 Å². The van der Waals surface area contributed by atoms with Crippen molar-refractivity contribution in [2.75, 3.05) is 5.32 Å². The number of rotatable bonds is 3. The Labute approximate surface area is 145 Å². The number of aromatic nitrogens is 4. The van der Waals surface area contributed by atoms with Crippen LogP contribution in [0.4, 0.5) is 5.95 Å². The van der Waals surface area contributed by atoms with Crippen molar-refractivity contribution in [2.24, 2.45) is 0 Å². The number of anilines is 1. The summed E-state index contributed by atoms with van der Waals surface area (Å²) in [6.45, 7) is 2.78. The summed E-state index contributed by atoms with van der Waals surface area (Å²) >= 11 is 0. The summed E-state index contributed by atoms with van der Waals surface area (Å²) < 4.78 is 1.74. The molecule has 1 unspecified atom stereocenters. The molecular formula is C19H19N5O. The first-order valence-corrected chi connectivity index (χ1v) is 8.43. The van der Waals surface area contributed by atoms with Gasteiger partial charge in [0.2, 0.25) is 5.95 Å². The van der Waals surface area contributed by atoms with Crippen LogP contribution in [-0.4, -0.2) is 25.6 Å². The molecule has 4 heterocycles. The zero-order valence-corrected chi connectivity index (χ0v) is 14.0. The van der Waals surface area contributed by atoms with Crippen molar-refractivity contribution in [2.45, 2.75) is 32.4 Å². The van der Waals surface area contributed by atoms with Gasteiger partial charge in [0.05, 0.1) is 5.69 Å². The van der Waals surface area contributed by atoms with Crippen LogP contribution >= 0.6 is 0 Å². The van der Waals surface area contributed by atoms with Gasteiger partial charge in [-0.1, -0.05) is 6.07 Å². The molecule has 0 spiro atoms. The molecule has 0 radical (unpaired) electrons. The monoisotopic (exact) mass is 333 g/mol. The second-order valence-corrected chi connectivity index (χ2v) is 6.29. The van der Waals surface area contributed by atoms with Crippen LogP contribution in [-0.2, 0) is 13.0 Å². The number of hydrogen-bond donors (Lipinski definition) is 1. The lowest BCUT2D eigenvalue weighted by Crippen LogP contribution is -2.36. The molecule has 0 aromatic carbocycles. The van der Waals surface area contributed by atoms with Crippen molar-refractivity contribution in [3.05, 3.63) is 70.5 Å². The molecule has 0 bridgehead atoms. The molecule has 4 rings (SSSR count). The summed E-state index contributed by atoms with van der Waals surface area (Å²) in [6.07, 6.45) is 6.55. The van der Waals surface area contributed by atoms with E-state index >= 15 is 0 Å². The molecule has 126 valence electrons. The van der Waals surface area contributed by atoms with E-state index in [9.17, 15) is 4.79 Å². The molecule has 0 amide bonds. The van der Waals surface area contributed by atoms with Gasteiger partial charge in [-0.25, -0.2) is 4.98 Å². The van der Waals surface area contributed by atoms with Gasteiger partial charge in [0, 0.05) is 54.4 Å². The predicted molar refractivity (Wildman–Crippen MR) is 96.5 cm³/mol. The summed E-state index contributed by atoms with van der Waals surface area (Å²) in [5, 5.41) is 3.32. The SMILES string of the molecule is CC1CCn2c(nc(-c3ccncc3)c(Cc3ccccn3)c2=O)N1. The second kappa shape index (κ2) is 6.47. The first-order chi connectivity index (χ1) is 12.2. The Morgan fingerprint density at radius 1 is 1.20 bits per heavy atom. The van der Waals surface area contributed by atoms with E-state index in [1.165, 1.54) is 0 Å². The highest BCUT2D eigenvalue weighted by atomic mass is 16.1. The van der Waals surface area contributed by atoms with Gasteiger partial charge in [-0.2, -0.15) is 0 Å². The highest BCUT2D eigenvalue weighted by Gasteiger charge is 2.22. The zero-order valence-electron chi connectivity index (χ0n) is 14.0. The minimum atomic E-state index is 0.00173. The molecule has 3 aromatic rings. The fourth-order valence-electron chi connectivity index (χ4n) is 3.12. The van der Waals surface area contributed by atoms with Crippen molar-refractivity contribution in [1.29, 1.82) is 0 Å². The molecule has 0 saturated heterocycles. The van der Waals surface area contributed by atoms with Crippen LogP contribution in [0.15, 0.2) is 53.7 Å². The van der Waals surface area contributed by atoms with Gasteiger partial charge < -0.3 is 5.32 Å². The number of hydrogen-bond acceptors (Lipinski definition) is 5.